The van der Waals surface area contributed by atoms with Crippen LogP contribution < -0.4 is 5.32 Å². The van der Waals surface area contributed by atoms with Crippen LogP contribution in [0, 0.1) is 5.92 Å². The molecule has 1 N–H and O–H groups in total. The third kappa shape index (κ3) is 3.26. The van der Waals surface area contributed by atoms with E-state index >= 15 is 0 Å². The average Bonchev–Trinajstić information content (AvgIpc) is 2.96. The number of nitrogens with one attached hydrogen (secondary N) is 1. The molecule has 2 fully saturated rings. The van der Waals surface area contributed by atoms with E-state index in [1.54, 1.807) is 0 Å². The normalized spacial score (nSPS) is 23.4. The second-order valence-electron chi connectivity index (χ2n) is 5.87. The molecule has 1 aliphatic carbocycles. The van der Waals surface area contributed by atoms with E-state index in [0.29, 0.717) is 31.1 Å². The van der Waals surface area contributed by atoms with E-state index in [1.165, 1.54) is 16.8 Å². The minimum absolute atomic E-state index is 0.160. The highest BCUT2D eigenvalue weighted by Crippen LogP contribution is 2.40. The van der Waals surface area contributed by atoms with Gasteiger partial charge in [-0.1, -0.05) is 5.16 Å². The van der Waals surface area contributed by atoms with Gasteiger partial charge in [0.1, 0.15) is 11.8 Å². The summed E-state index contributed by atoms with van der Waals surface area (Å²) < 4.78 is 29.3. The maximum atomic E-state index is 12.2. The van der Waals surface area contributed by atoms with Crippen molar-refractivity contribution in [1.82, 2.24) is 14.8 Å². The Bertz CT molecular complexity index is 636. The number of hydrogen-bond acceptors (Lipinski definition) is 5. The predicted molar refractivity (Wildman–Crippen MR) is 75.3 cm³/mol. The molecular formula is C13H19N3O4S. The van der Waals surface area contributed by atoms with Crippen LogP contribution in [0.2, 0.25) is 0 Å². The van der Waals surface area contributed by atoms with Crippen LogP contribution in [0.4, 0.5) is 0 Å². The Morgan fingerprint density at radius 2 is 2.24 bits per heavy atom. The summed E-state index contributed by atoms with van der Waals surface area (Å²) in [5.74, 6) is 0.334. The topological polar surface area (TPSA) is 92.5 Å². The van der Waals surface area contributed by atoms with Crippen LogP contribution in [0.3, 0.4) is 0 Å². The number of carbonyl (C=O) groups excluding carboxylic acids is 1. The largest absolute Gasteiger partial charge is 0.364 e. The number of sulfonamides is 1. The van der Waals surface area contributed by atoms with Gasteiger partial charge in [0, 0.05) is 25.6 Å². The molecule has 1 unspecified atom stereocenters. The van der Waals surface area contributed by atoms with Gasteiger partial charge in [-0.05, 0) is 25.2 Å². The molecule has 21 heavy (non-hydrogen) atoms. The van der Waals surface area contributed by atoms with Gasteiger partial charge in [0.05, 0.1) is 11.9 Å². The highest BCUT2D eigenvalue weighted by molar-refractivity contribution is 7.88. The van der Waals surface area contributed by atoms with Gasteiger partial charge in [-0.2, -0.15) is 0 Å². The molecule has 1 aromatic rings. The Morgan fingerprint density at radius 3 is 2.86 bits per heavy atom. The highest BCUT2D eigenvalue weighted by Gasteiger charge is 2.32. The van der Waals surface area contributed by atoms with E-state index < -0.39 is 10.0 Å². The summed E-state index contributed by atoms with van der Waals surface area (Å²) in [6, 6.07) is 0. The lowest BCUT2D eigenvalue weighted by Crippen LogP contribution is -2.32. The molecule has 0 aromatic carbocycles. The minimum Gasteiger partial charge on any atom is -0.364 e. The quantitative estimate of drug-likeness (QED) is 0.857. The van der Waals surface area contributed by atoms with E-state index in [1.807, 2.05) is 0 Å². The molecule has 7 nitrogen and oxygen atoms in total. The summed E-state index contributed by atoms with van der Waals surface area (Å²) in [6.45, 7) is 1.47. The molecular weight excluding hydrogens is 294 g/mol. The Hall–Kier alpha value is -1.41. The van der Waals surface area contributed by atoms with E-state index in [4.69, 9.17) is 4.52 Å². The van der Waals surface area contributed by atoms with Crippen LogP contribution in [0.5, 0.6) is 0 Å². The third-order valence-corrected chi connectivity index (χ3v) is 5.34. The first-order valence-electron chi connectivity index (χ1n) is 7.12. The SMILES string of the molecule is CS(=O)(=O)N1CCC(CNC(=O)c2conc2C2CC2)C1. The lowest BCUT2D eigenvalue weighted by molar-refractivity contribution is 0.0946. The molecule has 1 aromatic heterocycles. The van der Waals surface area contributed by atoms with Crippen molar-refractivity contribution in [3.05, 3.63) is 17.5 Å². The Labute approximate surface area is 123 Å². The monoisotopic (exact) mass is 313 g/mol. The Kier molecular flexibility index (Phi) is 3.75. The number of carbonyl (C=O) groups is 1. The van der Waals surface area contributed by atoms with Gasteiger partial charge in [0.15, 0.2) is 0 Å². The van der Waals surface area contributed by atoms with Crippen molar-refractivity contribution < 1.29 is 17.7 Å². The number of nitrogens with zero attached hydrogens (tertiary/aromatic N) is 2. The molecule has 1 aliphatic heterocycles. The zero-order valence-corrected chi connectivity index (χ0v) is 12.7. The van der Waals surface area contributed by atoms with Crippen molar-refractivity contribution in [2.75, 3.05) is 25.9 Å². The van der Waals surface area contributed by atoms with Crippen LogP contribution in [0.15, 0.2) is 10.8 Å². The molecule has 0 bridgehead atoms. The van der Waals surface area contributed by atoms with Crippen LogP contribution in [0.1, 0.15) is 41.2 Å². The zero-order valence-electron chi connectivity index (χ0n) is 11.9. The number of amides is 1. The van der Waals surface area contributed by atoms with Gasteiger partial charge in [-0.15, -0.1) is 0 Å². The smallest absolute Gasteiger partial charge is 0.256 e. The first kappa shape index (κ1) is 14.5. The molecule has 1 saturated carbocycles. The number of aromatic nitrogens is 1. The van der Waals surface area contributed by atoms with Crippen molar-refractivity contribution in [2.45, 2.75) is 25.2 Å². The van der Waals surface area contributed by atoms with E-state index in [2.05, 4.69) is 10.5 Å². The average molecular weight is 313 g/mol. The highest BCUT2D eigenvalue weighted by atomic mass is 32.2. The summed E-state index contributed by atoms with van der Waals surface area (Å²) in [5, 5.41) is 6.76. The van der Waals surface area contributed by atoms with Crippen molar-refractivity contribution in [3.63, 3.8) is 0 Å². The summed E-state index contributed by atoms with van der Waals surface area (Å²) in [5.41, 5.74) is 1.26. The van der Waals surface area contributed by atoms with Gasteiger partial charge in [0.2, 0.25) is 10.0 Å². The Balaban J connectivity index is 1.54. The van der Waals surface area contributed by atoms with Crippen LogP contribution >= 0.6 is 0 Å². The molecule has 3 rings (SSSR count). The van der Waals surface area contributed by atoms with Crippen molar-refractivity contribution >= 4 is 15.9 Å². The van der Waals surface area contributed by atoms with Crippen molar-refractivity contribution in [1.29, 1.82) is 0 Å². The fourth-order valence-corrected chi connectivity index (χ4v) is 3.58. The molecule has 1 saturated heterocycles. The summed E-state index contributed by atoms with van der Waals surface area (Å²) in [6.07, 6.45) is 5.48. The lowest BCUT2D eigenvalue weighted by atomic mass is 10.1. The van der Waals surface area contributed by atoms with Gasteiger partial charge >= 0.3 is 0 Å². The van der Waals surface area contributed by atoms with E-state index in [9.17, 15) is 13.2 Å². The molecule has 0 radical (unpaired) electrons. The van der Waals surface area contributed by atoms with Crippen molar-refractivity contribution in [3.8, 4) is 0 Å². The molecule has 1 atom stereocenters. The number of hydrogen-bond donors (Lipinski definition) is 1. The summed E-state index contributed by atoms with van der Waals surface area (Å²) in [4.78, 5) is 12.2. The molecule has 2 aliphatic rings. The second kappa shape index (κ2) is 5.42. The summed E-state index contributed by atoms with van der Waals surface area (Å²) in [7, 11) is -3.13. The van der Waals surface area contributed by atoms with Gasteiger partial charge in [0.25, 0.3) is 5.91 Å². The standard InChI is InChI=1S/C13H19N3O4S/c1-21(18,19)16-5-4-9(7-16)6-14-13(17)11-8-20-15-12(11)10-2-3-10/h8-10H,2-7H2,1H3,(H,14,17). The maximum Gasteiger partial charge on any atom is 0.256 e. The van der Waals surface area contributed by atoms with E-state index in [0.717, 1.165) is 25.0 Å². The lowest BCUT2D eigenvalue weighted by Gasteiger charge is -2.13. The fourth-order valence-electron chi connectivity index (χ4n) is 2.66. The second-order valence-corrected chi connectivity index (χ2v) is 7.86. The minimum atomic E-state index is -3.13. The third-order valence-electron chi connectivity index (χ3n) is 4.08. The molecule has 116 valence electrons. The molecule has 1 amide bonds. The number of rotatable bonds is 5. The van der Waals surface area contributed by atoms with E-state index in [-0.39, 0.29) is 11.8 Å². The predicted octanol–water partition coefficient (Wildman–Crippen LogP) is 0.563. The van der Waals surface area contributed by atoms with Gasteiger partial charge in [-0.3, -0.25) is 4.79 Å². The fraction of sp³-hybridized carbons (Fsp3) is 0.692. The summed E-state index contributed by atoms with van der Waals surface area (Å²) >= 11 is 0. The van der Waals surface area contributed by atoms with Gasteiger partial charge in [-0.25, -0.2) is 12.7 Å². The van der Waals surface area contributed by atoms with Gasteiger partial charge < -0.3 is 9.84 Å². The first-order chi connectivity index (χ1) is 9.95. The first-order valence-corrected chi connectivity index (χ1v) is 8.97. The van der Waals surface area contributed by atoms with Crippen molar-refractivity contribution in [2.24, 2.45) is 5.92 Å². The molecule has 0 spiro atoms. The molecule has 2 heterocycles. The molecule has 8 heteroatoms. The maximum absolute atomic E-state index is 12.2. The van der Waals surface area contributed by atoms with Crippen LogP contribution in [0.25, 0.3) is 0 Å². The van der Waals surface area contributed by atoms with Crippen LogP contribution in [-0.2, 0) is 10.0 Å². The Morgan fingerprint density at radius 1 is 1.48 bits per heavy atom. The zero-order chi connectivity index (χ0) is 15.0. The van der Waals surface area contributed by atoms with Crippen LogP contribution in [-0.4, -0.2) is 49.7 Å².